The van der Waals surface area contributed by atoms with Gasteiger partial charge in [0, 0.05) is 49.5 Å². The molecule has 0 radical (unpaired) electrons. The maximum Gasteiger partial charge on any atom is 0.252 e. The van der Waals surface area contributed by atoms with Crippen molar-refractivity contribution in [2.75, 3.05) is 0 Å². The lowest BCUT2D eigenvalue weighted by Gasteiger charge is -2.33. The van der Waals surface area contributed by atoms with E-state index in [0.717, 1.165) is 61.3 Å². The molecule has 330 valence electrons. The molecule has 1 aliphatic rings. The Kier molecular flexibility index (Phi) is 8.99. The Bertz CT molecular complexity index is 4000. The van der Waals surface area contributed by atoms with Gasteiger partial charge in [-0.3, -0.25) is 0 Å². The topological polar surface area (TPSA) is 32.2 Å². The molecule has 12 aromatic rings. The van der Waals surface area contributed by atoms with Gasteiger partial charge in [-0.05, 0) is 131 Å². The highest BCUT2D eigenvalue weighted by Gasteiger charge is 2.39. The summed E-state index contributed by atoms with van der Waals surface area (Å²) >= 11 is 0. The number of hydrogen-bond donors (Lipinski definition) is 0. The molecule has 4 heterocycles. The number of nitrogens with zero attached hydrogens (tertiary/aromatic N) is 2. The number of furan rings is 1. The van der Waals surface area contributed by atoms with Gasteiger partial charge in [0.15, 0.2) is 0 Å². The monoisotopic (exact) mass is 880 g/mol. The zero-order valence-electron chi connectivity index (χ0n) is 40.0. The summed E-state index contributed by atoms with van der Waals surface area (Å²) in [5, 5.41) is 9.53. The molecular formula is C63H53BN2O2. The predicted molar refractivity (Wildman–Crippen MR) is 289 cm³/mol. The molecule has 5 heteroatoms. The van der Waals surface area contributed by atoms with Crippen LogP contribution in [0.5, 0.6) is 11.5 Å². The molecule has 0 spiro atoms. The second kappa shape index (κ2) is 15.0. The van der Waals surface area contributed by atoms with Crippen LogP contribution in [0.15, 0.2) is 162 Å². The van der Waals surface area contributed by atoms with E-state index in [1.54, 1.807) is 0 Å². The van der Waals surface area contributed by atoms with E-state index in [4.69, 9.17) is 9.15 Å². The van der Waals surface area contributed by atoms with Gasteiger partial charge in [0.25, 0.3) is 6.71 Å². The molecule has 0 amide bonds. The molecule has 0 N–H and O–H groups in total. The fourth-order valence-electron chi connectivity index (χ4n) is 11.8. The fourth-order valence-corrected chi connectivity index (χ4v) is 11.8. The Morgan fingerprint density at radius 2 is 0.985 bits per heavy atom. The summed E-state index contributed by atoms with van der Waals surface area (Å²) in [7, 11) is 0. The normalized spacial score (nSPS) is 12.9. The lowest BCUT2D eigenvalue weighted by Crippen LogP contribution is -2.57. The van der Waals surface area contributed by atoms with Crippen molar-refractivity contribution >= 4 is 99.4 Å². The second-order valence-electron chi connectivity index (χ2n) is 20.4. The van der Waals surface area contributed by atoms with Crippen LogP contribution >= 0.6 is 0 Å². The Morgan fingerprint density at radius 3 is 1.66 bits per heavy atom. The number of fused-ring (bicyclic) bond motifs is 13. The van der Waals surface area contributed by atoms with Crippen molar-refractivity contribution in [3.05, 3.63) is 186 Å². The van der Waals surface area contributed by atoms with Crippen LogP contribution in [0.2, 0.25) is 0 Å². The smallest absolute Gasteiger partial charge is 0.252 e. The van der Waals surface area contributed by atoms with E-state index in [0.29, 0.717) is 17.8 Å². The van der Waals surface area contributed by atoms with Crippen molar-refractivity contribution in [2.24, 2.45) is 0 Å². The molecule has 0 bridgehead atoms. The SMILES string of the molecule is Cc1ccc2c(c1)c1cc(C)ccc1n2-c1ccc2c(c1)c1ccccc1n2-c1cc2c(c3ccccc13)B(c1c(C(C)C)cc(C(C)C)cc1C(C)C)c1cc3oc4ccccc4c3cc1O2. The third-order valence-corrected chi connectivity index (χ3v) is 15.1. The predicted octanol–water partition coefficient (Wildman–Crippen LogP) is 15.5. The van der Waals surface area contributed by atoms with Crippen LogP contribution in [0.25, 0.3) is 87.7 Å². The van der Waals surface area contributed by atoms with Crippen molar-refractivity contribution in [1.82, 2.24) is 9.13 Å². The second-order valence-corrected chi connectivity index (χ2v) is 20.4. The Balaban J connectivity index is 1.10. The zero-order valence-corrected chi connectivity index (χ0v) is 40.0. The van der Waals surface area contributed by atoms with Gasteiger partial charge in [-0.15, -0.1) is 0 Å². The lowest BCUT2D eigenvalue weighted by molar-refractivity contribution is 0.488. The van der Waals surface area contributed by atoms with Gasteiger partial charge in [-0.1, -0.05) is 143 Å². The molecule has 68 heavy (non-hydrogen) atoms. The van der Waals surface area contributed by atoms with Gasteiger partial charge < -0.3 is 18.3 Å². The first kappa shape index (κ1) is 40.8. The molecule has 0 unspecified atom stereocenters. The number of benzene rings is 9. The first-order valence-corrected chi connectivity index (χ1v) is 24.4. The van der Waals surface area contributed by atoms with E-state index in [1.807, 2.05) is 0 Å². The van der Waals surface area contributed by atoms with Gasteiger partial charge in [0.2, 0.25) is 0 Å². The van der Waals surface area contributed by atoms with Gasteiger partial charge in [-0.2, -0.15) is 0 Å². The summed E-state index contributed by atoms with van der Waals surface area (Å²) in [5.41, 5.74) is 19.2. The van der Waals surface area contributed by atoms with E-state index in [9.17, 15) is 0 Å². The molecule has 3 aromatic heterocycles. The van der Waals surface area contributed by atoms with Crippen LogP contribution in [0.3, 0.4) is 0 Å². The Morgan fingerprint density at radius 1 is 0.412 bits per heavy atom. The van der Waals surface area contributed by atoms with E-state index < -0.39 is 0 Å². The summed E-state index contributed by atoms with van der Waals surface area (Å²) in [6.45, 7) is 18.3. The lowest BCUT2D eigenvalue weighted by atomic mass is 9.33. The molecule has 0 aliphatic carbocycles. The first-order valence-electron chi connectivity index (χ1n) is 24.4. The first-order chi connectivity index (χ1) is 33.0. The number of ether oxygens (including phenoxy) is 1. The van der Waals surface area contributed by atoms with Crippen LogP contribution in [0.4, 0.5) is 0 Å². The quantitative estimate of drug-likeness (QED) is 0.156. The van der Waals surface area contributed by atoms with Crippen molar-refractivity contribution in [3.8, 4) is 22.9 Å². The highest BCUT2D eigenvalue weighted by atomic mass is 16.5. The van der Waals surface area contributed by atoms with Gasteiger partial charge in [0.05, 0.1) is 27.8 Å². The van der Waals surface area contributed by atoms with Crippen molar-refractivity contribution in [3.63, 3.8) is 0 Å². The molecule has 9 aromatic carbocycles. The third kappa shape index (κ3) is 5.94. The van der Waals surface area contributed by atoms with Crippen LogP contribution in [0, 0.1) is 13.8 Å². The average molecular weight is 881 g/mol. The fraction of sp³-hybridized carbons (Fsp3) is 0.175. The highest BCUT2D eigenvalue weighted by Crippen LogP contribution is 2.42. The Labute approximate surface area is 397 Å². The van der Waals surface area contributed by atoms with Gasteiger partial charge >= 0.3 is 0 Å². The average Bonchev–Trinajstić information content (AvgIpc) is 3.98. The number of aromatic nitrogens is 2. The summed E-state index contributed by atoms with van der Waals surface area (Å²) in [4.78, 5) is 0. The van der Waals surface area contributed by atoms with Crippen LogP contribution < -0.4 is 21.1 Å². The zero-order chi connectivity index (χ0) is 46.3. The molecule has 0 saturated heterocycles. The third-order valence-electron chi connectivity index (χ3n) is 15.1. The van der Waals surface area contributed by atoms with E-state index >= 15 is 0 Å². The maximum absolute atomic E-state index is 7.40. The Hall–Kier alpha value is -7.50. The van der Waals surface area contributed by atoms with Gasteiger partial charge in [0.1, 0.15) is 22.7 Å². The maximum atomic E-state index is 7.40. The van der Waals surface area contributed by atoms with Crippen LogP contribution in [-0.2, 0) is 0 Å². The minimum absolute atomic E-state index is 0.110. The standard InChI is InChI=1S/C63H53BN2O2/c1-35(2)40-29-46(36(3)4)62(47(30-40)37(5)6)64-52-33-59-51(44-17-12-14-20-58(44)67-59)32-60(52)68-61-34-57(42-15-9-10-18-45(42)63(61)64)66-53-19-13-11-16-43(53)50-31-41(23-26-56(50)66)65-54-24-21-38(7)27-48(54)49-28-39(8)22-25-55(49)65/h9-37H,1-8H3. The molecule has 13 rings (SSSR count). The minimum atomic E-state index is -0.110. The van der Waals surface area contributed by atoms with Crippen molar-refractivity contribution in [2.45, 2.75) is 73.1 Å². The molecule has 0 atom stereocenters. The van der Waals surface area contributed by atoms with E-state index in [-0.39, 0.29) is 6.71 Å². The highest BCUT2D eigenvalue weighted by molar-refractivity contribution is 6.99. The van der Waals surface area contributed by atoms with Crippen LogP contribution in [-0.4, -0.2) is 15.8 Å². The summed E-state index contributed by atoms with van der Waals surface area (Å²) in [6, 6.07) is 58.9. The molecule has 1 aliphatic heterocycles. The number of aryl methyl sites for hydroxylation is 2. The van der Waals surface area contributed by atoms with E-state index in [2.05, 4.69) is 222 Å². The number of para-hydroxylation sites is 2. The molecule has 4 nitrogen and oxygen atoms in total. The number of hydrogen-bond acceptors (Lipinski definition) is 2. The van der Waals surface area contributed by atoms with Gasteiger partial charge in [-0.25, -0.2) is 0 Å². The molecular weight excluding hydrogens is 828 g/mol. The molecule has 0 saturated carbocycles. The molecule has 0 fully saturated rings. The number of rotatable bonds is 6. The van der Waals surface area contributed by atoms with Crippen molar-refractivity contribution < 1.29 is 9.15 Å². The van der Waals surface area contributed by atoms with E-state index in [1.165, 1.54) is 82.1 Å². The summed E-state index contributed by atoms with van der Waals surface area (Å²) in [6.07, 6.45) is 0. The summed E-state index contributed by atoms with van der Waals surface area (Å²) < 4.78 is 19.0. The van der Waals surface area contributed by atoms with Crippen molar-refractivity contribution in [1.29, 1.82) is 0 Å². The largest absolute Gasteiger partial charge is 0.458 e. The summed E-state index contributed by atoms with van der Waals surface area (Å²) in [5.74, 6) is 2.77. The minimum Gasteiger partial charge on any atom is -0.458 e. The van der Waals surface area contributed by atoms with Crippen LogP contribution in [0.1, 0.15) is 87.1 Å².